The summed E-state index contributed by atoms with van der Waals surface area (Å²) in [5.74, 6) is 0.767. The summed E-state index contributed by atoms with van der Waals surface area (Å²) in [6.45, 7) is 5.53. The third kappa shape index (κ3) is 1.83. The van der Waals surface area contributed by atoms with Gasteiger partial charge in [0.1, 0.15) is 5.01 Å². The monoisotopic (exact) mass is 224 g/mol. The SMILES string of the molecule is CCNC1(c2nccs2)CCCC1CC. The molecule has 2 atom stereocenters. The third-order valence-electron chi connectivity index (χ3n) is 3.62. The molecule has 1 heterocycles. The summed E-state index contributed by atoms with van der Waals surface area (Å²) in [6, 6.07) is 0. The molecule has 0 saturated heterocycles. The van der Waals surface area contributed by atoms with Gasteiger partial charge in [-0.15, -0.1) is 11.3 Å². The average Bonchev–Trinajstić information content (AvgIpc) is 2.86. The molecule has 3 heteroatoms. The highest BCUT2D eigenvalue weighted by molar-refractivity contribution is 7.09. The van der Waals surface area contributed by atoms with E-state index in [-0.39, 0.29) is 5.54 Å². The Balaban J connectivity index is 2.31. The Hall–Kier alpha value is -0.410. The van der Waals surface area contributed by atoms with Gasteiger partial charge >= 0.3 is 0 Å². The molecule has 0 aromatic carbocycles. The molecule has 1 fully saturated rings. The van der Waals surface area contributed by atoms with E-state index >= 15 is 0 Å². The first-order valence-electron chi connectivity index (χ1n) is 5.98. The number of hydrogen-bond acceptors (Lipinski definition) is 3. The van der Waals surface area contributed by atoms with Gasteiger partial charge in [0, 0.05) is 11.6 Å². The van der Waals surface area contributed by atoms with Crippen LogP contribution >= 0.6 is 11.3 Å². The number of rotatable bonds is 4. The number of aromatic nitrogens is 1. The Morgan fingerprint density at radius 2 is 2.47 bits per heavy atom. The molecule has 0 aliphatic heterocycles. The highest BCUT2D eigenvalue weighted by Crippen LogP contribution is 2.45. The average molecular weight is 224 g/mol. The number of hydrogen-bond donors (Lipinski definition) is 1. The van der Waals surface area contributed by atoms with Crippen molar-refractivity contribution in [3.8, 4) is 0 Å². The van der Waals surface area contributed by atoms with Crippen LogP contribution in [0, 0.1) is 5.92 Å². The van der Waals surface area contributed by atoms with Gasteiger partial charge in [-0.1, -0.05) is 26.7 Å². The molecule has 2 unspecified atom stereocenters. The Morgan fingerprint density at radius 3 is 3.07 bits per heavy atom. The van der Waals surface area contributed by atoms with Gasteiger partial charge in [0.2, 0.25) is 0 Å². The number of thiazole rings is 1. The summed E-state index contributed by atoms with van der Waals surface area (Å²) in [5.41, 5.74) is 0.192. The molecule has 1 aromatic heterocycles. The van der Waals surface area contributed by atoms with Crippen LogP contribution in [-0.2, 0) is 5.54 Å². The predicted octanol–water partition coefficient (Wildman–Crippen LogP) is 3.16. The van der Waals surface area contributed by atoms with E-state index in [1.807, 2.05) is 6.20 Å². The van der Waals surface area contributed by atoms with E-state index in [1.165, 1.54) is 30.7 Å². The minimum atomic E-state index is 0.192. The molecule has 1 aromatic rings. The first kappa shape index (κ1) is 11.1. The van der Waals surface area contributed by atoms with Crippen LogP contribution in [0.3, 0.4) is 0 Å². The van der Waals surface area contributed by atoms with Crippen LogP contribution in [0.1, 0.15) is 44.5 Å². The minimum Gasteiger partial charge on any atom is -0.305 e. The predicted molar refractivity (Wildman–Crippen MR) is 65.1 cm³/mol. The fourth-order valence-corrected chi connectivity index (χ4v) is 3.90. The van der Waals surface area contributed by atoms with Crippen molar-refractivity contribution in [3.63, 3.8) is 0 Å². The van der Waals surface area contributed by atoms with Gasteiger partial charge in [-0.25, -0.2) is 4.98 Å². The van der Waals surface area contributed by atoms with Crippen molar-refractivity contribution in [1.82, 2.24) is 10.3 Å². The lowest BCUT2D eigenvalue weighted by Crippen LogP contribution is -2.45. The Morgan fingerprint density at radius 1 is 1.60 bits per heavy atom. The largest absolute Gasteiger partial charge is 0.305 e. The van der Waals surface area contributed by atoms with E-state index in [9.17, 15) is 0 Å². The molecule has 0 spiro atoms. The van der Waals surface area contributed by atoms with E-state index in [0.717, 1.165) is 12.5 Å². The molecular formula is C12H20N2S. The molecule has 2 rings (SSSR count). The van der Waals surface area contributed by atoms with Crippen LogP contribution in [0.25, 0.3) is 0 Å². The fourth-order valence-electron chi connectivity index (χ4n) is 2.98. The van der Waals surface area contributed by atoms with Crippen LogP contribution in [0.4, 0.5) is 0 Å². The summed E-state index contributed by atoms with van der Waals surface area (Å²) in [6.07, 6.45) is 7.14. The molecule has 0 radical (unpaired) electrons. The lowest BCUT2D eigenvalue weighted by atomic mass is 9.85. The van der Waals surface area contributed by atoms with E-state index < -0.39 is 0 Å². The normalized spacial score (nSPS) is 30.9. The summed E-state index contributed by atoms with van der Waals surface area (Å²) >= 11 is 1.80. The van der Waals surface area contributed by atoms with Crippen molar-refractivity contribution < 1.29 is 0 Å². The summed E-state index contributed by atoms with van der Waals surface area (Å²) in [4.78, 5) is 4.54. The maximum Gasteiger partial charge on any atom is 0.113 e. The molecule has 1 N–H and O–H groups in total. The highest BCUT2D eigenvalue weighted by Gasteiger charge is 2.44. The molecular weight excluding hydrogens is 204 g/mol. The van der Waals surface area contributed by atoms with Crippen LogP contribution in [0.15, 0.2) is 11.6 Å². The Bertz CT molecular complexity index is 297. The quantitative estimate of drug-likeness (QED) is 0.850. The van der Waals surface area contributed by atoms with Crippen molar-refractivity contribution in [1.29, 1.82) is 0 Å². The summed E-state index contributed by atoms with van der Waals surface area (Å²) in [5, 5.41) is 7.11. The molecule has 1 saturated carbocycles. The van der Waals surface area contributed by atoms with Crippen LogP contribution in [-0.4, -0.2) is 11.5 Å². The second-order valence-corrected chi connectivity index (χ2v) is 5.23. The highest BCUT2D eigenvalue weighted by atomic mass is 32.1. The van der Waals surface area contributed by atoms with Gasteiger partial charge in [0.05, 0.1) is 5.54 Å². The van der Waals surface area contributed by atoms with Crippen molar-refractivity contribution >= 4 is 11.3 Å². The second kappa shape index (κ2) is 4.62. The van der Waals surface area contributed by atoms with E-state index in [2.05, 4.69) is 29.5 Å². The van der Waals surface area contributed by atoms with Gasteiger partial charge < -0.3 is 5.32 Å². The second-order valence-electron chi connectivity index (χ2n) is 4.34. The molecule has 0 amide bonds. The zero-order valence-electron chi connectivity index (χ0n) is 9.62. The topological polar surface area (TPSA) is 24.9 Å². The van der Waals surface area contributed by atoms with Gasteiger partial charge in [0.25, 0.3) is 0 Å². The Kier molecular flexibility index (Phi) is 3.42. The van der Waals surface area contributed by atoms with E-state index in [4.69, 9.17) is 0 Å². The van der Waals surface area contributed by atoms with E-state index in [0.29, 0.717) is 0 Å². The van der Waals surface area contributed by atoms with Crippen LogP contribution in [0.2, 0.25) is 0 Å². The minimum absolute atomic E-state index is 0.192. The van der Waals surface area contributed by atoms with Crippen molar-refractivity contribution in [3.05, 3.63) is 16.6 Å². The smallest absolute Gasteiger partial charge is 0.113 e. The molecule has 1 aliphatic rings. The van der Waals surface area contributed by atoms with Gasteiger partial charge in [-0.2, -0.15) is 0 Å². The molecule has 1 aliphatic carbocycles. The third-order valence-corrected chi connectivity index (χ3v) is 4.57. The first-order valence-corrected chi connectivity index (χ1v) is 6.86. The van der Waals surface area contributed by atoms with Crippen molar-refractivity contribution in [2.24, 2.45) is 5.92 Å². The van der Waals surface area contributed by atoms with Crippen LogP contribution in [0.5, 0.6) is 0 Å². The summed E-state index contributed by atoms with van der Waals surface area (Å²) in [7, 11) is 0. The van der Waals surface area contributed by atoms with Gasteiger partial charge in [0.15, 0.2) is 0 Å². The maximum atomic E-state index is 4.54. The molecule has 84 valence electrons. The zero-order valence-corrected chi connectivity index (χ0v) is 10.4. The fraction of sp³-hybridized carbons (Fsp3) is 0.750. The molecule has 0 bridgehead atoms. The van der Waals surface area contributed by atoms with Crippen molar-refractivity contribution in [2.75, 3.05) is 6.54 Å². The lowest BCUT2D eigenvalue weighted by Gasteiger charge is -2.34. The molecule has 15 heavy (non-hydrogen) atoms. The summed E-state index contributed by atoms with van der Waals surface area (Å²) < 4.78 is 0. The van der Waals surface area contributed by atoms with Gasteiger partial charge in [-0.05, 0) is 25.3 Å². The standard InChI is InChI=1S/C12H20N2S/c1-3-10-6-5-7-12(10,14-4-2)11-13-8-9-15-11/h8-10,14H,3-7H2,1-2H3. The lowest BCUT2D eigenvalue weighted by molar-refractivity contribution is 0.244. The molecule has 2 nitrogen and oxygen atoms in total. The maximum absolute atomic E-state index is 4.54. The van der Waals surface area contributed by atoms with E-state index in [1.54, 1.807) is 11.3 Å². The van der Waals surface area contributed by atoms with Crippen LogP contribution < -0.4 is 5.32 Å². The number of nitrogens with one attached hydrogen (secondary N) is 1. The van der Waals surface area contributed by atoms with Crippen molar-refractivity contribution in [2.45, 2.75) is 45.1 Å². The first-order chi connectivity index (χ1) is 7.33. The Labute approximate surface area is 96.1 Å². The zero-order chi connectivity index (χ0) is 10.7. The van der Waals surface area contributed by atoms with Gasteiger partial charge in [-0.3, -0.25) is 0 Å². The number of nitrogens with zero attached hydrogens (tertiary/aromatic N) is 1.